The van der Waals surface area contributed by atoms with Crippen LogP contribution in [-0.2, 0) is 0 Å². The summed E-state index contributed by atoms with van der Waals surface area (Å²) in [4.78, 5) is 12.1. The van der Waals surface area contributed by atoms with E-state index in [1.165, 1.54) is 30.3 Å². The number of carbonyl (C=O) groups excluding carboxylic acids is 1. The molecule has 0 heterocycles. The molecule has 0 radical (unpaired) electrons. The Labute approximate surface area is 138 Å². The van der Waals surface area contributed by atoms with Crippen molar-refractivity contribution in [3.05, 3.63) is 61.3 Å². The van der Waals surface area contributed by atoms with Gasteiger partial charge in [0.05, 0.1) is 20.2 Å². The van der Waals surface area contributed by atoms with Gasteiger partial charge in [0, 0.05) is 10.6 Å². The molecule has 0 bridgehead atoms. The van der Waals surface area contributed by atoms with Crippen LogP contribution in [-0.4, -0.2) is 5.91 Å². The van der Waals surface area contributed by atoms with E-state index < -0.39 is 11.7 Å². The lowest BCUT2D eigenvalue weighted by molar-refractivity contribution is 0.102. The highest BCUT2D eigenvalue weighted by molar-refractivity contribution is 9.10. The molecule has 0 unspecified atom stereocenters. The van der Waals surface area contributed by atoms with E-state index in [0.29, 0.717) is 5.02 Å². The number of nitrogens with one attached hydrogen (secondary N) is 1. The fourth-order valence-corrected chi connectivity index (χ4v) is 2.77. The number of hydrogen-bond acceptors (Lipinski definition) is 1. The van der Waals surface area contributed by atoms with E-state index in [-0.39, 0.29) is 25.8 Å². The number of benzene rings is 2. The van der Waals surface area contributed by atoms with Gasteiger partial charge in [0.1, 0.15) is 5.82 Å². The first-order valence-corrected chi connectivity index (χ1v) is 7.22. The summed E-state index contributed by atoms with van der Waals surface area (Å²) in [5.74, 6) is -0.916. The first-order valence-electron chi connectivity index (χ1n) is 5.29. The van der Waals surface area contributed by atoms with Gasteiger partial charge in [-0.15, -0.1) is 0 Å². The topological polar surface area (TPSA) is 29.1 Å². The Morgan fingerprint density at radius 2 is 1.70 bits per heavy atom. The molecular formula is C13H6BrCl3FNO. The van der Waals surface area contributed by atoms with E-state index in [9.17, 15) is 9.18 Å². The van der Waals surface area contributed by atoms with Crippen molar-refractivity contribution in [3.63, 3.8) is 0 Å². The van der Waals surface area contributed by atoms with Crippen molar-refractivity contribution in [3.8, 4) is 0 Å². The lowest BCUT2D eigenvalue weighted by atomic mass is 10.2. The van der Waals surface area contributed by atoms with E-state index in [1.54, 1.807) is 0 Å². The molecule has 2 nitrogen and oxygen atoms in total. The Morgan fingerprint density at radius 1 is 1.10 bits per heavy atom. The van der Waals surface area contributed by atoms with Gasteiger partial charge >= 0.3 is 0 Å². The highest BCUT2D eigenvalue weighted by Crippen LogP contribution is 2.34. The Morgan fingerprint density at radius 3 is 2.25 bits per heavy atom. The normalized spacial score (nSPS) is 10.4. The first kappa shape index (κ1) is 15.6. The monoisotopic (exact) mass is 395 g/mol. The Balaban J connectivity index is 2.30. The minimum atomic E-state index is -0.461. The quantitative estimate of drug-likeness (QED) is 0.682. The zero-order chi connectivity index (χ0) is 14.9. The Hall–Kier alpha value is -0.810. The minimum absolute atomic E-state index is 0.193. The first-order chi connectivity index (χ1) is 9.38. The van der Waals surface area contributed by atoms with E-state index in [4.69, 9.17) is 34.8 Å². The van der Waals surface area contributed by atoms with Crippen LogP contribution < -0.4 is 5.32 Å². The van der Waals surface area contributed by atoms with Gasteiger partial charge in [0.15, 0.2) is 0 Å². The van der Waals surface area contributed by atoms with E-state index in [1.807, 2.05) is 0 Å². The van der Waals surface area contributed by atoms with Crippen LogP contribution in [0.5, 0.6) is 0 Å². The van der Waals surface area contributed by atoms with Gasteiger partial charge < -0.3 is 5.32 Å². The van der Waals surface area contributed by atoms with Crippen molar-refractivity contribution >= 4 is 62.3 Å². The molecule has 2 aromatic carbocycles. The molecular weight excluding hydrogens is 391 g/mol. The summed E-state index contributed by atoms with van der Waals surface area (Å²) < 4.78 is 13.3. The number of hydrogen-bond donors (Lipinski definition) is 1. The van der Waals surface area contributed by atoms with E-state index >= 15 is 0 Å². The third-order valence-electron chi connectivity index (χ3n) is 2.43. The van der Waals surface area contributed by atoms with Crippen LogP contribution in [0.3, 0.4) is 0 Å². The predicted molar refractivity (Wildman–Crippen MR) is 83.5 cm³/mol. The molecule has 7 heteroatoms. The molecule has 2 aromatic rings. The molecule has 0 aliphatic rings. The van der Waals surface area contributed by atoms with Crippen LogP contribution in [0.1, 0.15) is 10.4 Å². The van der Waals surface area contributed by atoms with Gasteiger partial charge in [-0.05, 0) is 46.3 Å². The van der Waals surface area contributed by atoms with Gasteiger partial charge in [-0.25, -0.2) is 4.39 Å². The van der Waals surface area contributed by atoms with Crippen LogP contribution in [0.4, 0.5) is 10.1 Å². The summed E-state index contributed by atoms with van der Waals surface area (Å²) in [5.41, 5.74) is 0.517. The number of amides is 1. The molecule has 0 spiro atoms. The summed E-state index contributed by atoms with van der Waals surface area (Å²) in [6, 6.07) is 6.83. The smallest absolute Gasteiger partial charge is 0.255 e. The number of anilines is 1. The maximum absolute atomic E-state index is 13.1. The van der Waals surface area contributed by atoms with Crippen LogP contribution in [0, 0.1) is 5.82 Å². The third-order valence-corrected chi connectivity index (χ3v) is 3.85. The van der Waals surface area contributed by atoms with Gasteiger partial charge in [-0.3, -0.25) is 4.79 Å². The zero-order valence-corrected chi connectivity index (χ0v) is 13.5. The molecule has 0 atom stereocenters. The van der Waals surface area contributed by atoms with Crippen molar-refractivity contribution in [2.24, 2.45) is 0 Å². The van der Waals surface area contributed by atoms with E-state index in [2.05, 4.69) is 21.2 Å². The summed E-state index contributed by atoms with van der Waals surface area (Å²) >= 11 is 20.7. The molecule has 0 fully saturated rings. The second-order valence-electron chi connectivity index (χ2n) is 3.83. The van der Waals surface area contributed by atoms with Gasteiger partial charge in [-0.2, -0.15) is 0 Å². The molecule has 0 aliphatic carbocycles. The molecule has 0 saturated carbocycles. The average molecular weight is 397 g/mol. The van der Waals surface area contributed by atoms with Crippen molar-refractivity contribution < 1.29 is 9.18 Å². The summed E-state index contributed by atoms with van der Waals surface area (Å²) in [5, 5.41) is 3.37. The maximum Gasteiger partial charge on any atom is 0.255 e. The van der Waals surface area contributed by atoms with Crippen LogP contribution in [0.25, 0.3) is 0 Å². The zero-order valence-electron chi connectivity index (χ0n) is 9.68. The third kappa shape index (κ3) is 3.44. The SMILES string of the molecule is O=C(Nc1c(Cl)cc(Cl)cc1Cl)c1ccc(F)c(Br)c1. The molecule has 0 saturated heterocycles. The molecule has 2 rings (SSSR count). The fourth-order valence-electron chi connectivity index (χ4n) is 1.48. The largest absolute Gasteiger partial charge is 0.319 e. The lowest BCUT2D eigenvalue weighted by Crippen LogP contribution is -2.12. The molecule has 1 amide bonds. The fraction of sp³-hybridized carbons (Fsp3) is 0. The van der Waals surface area contributed by atoms with Crippen molar-refractivity contribution in [1.29, 1.82) is 0 Å². The van der Waals surface area contributed by atoms with Crippen molar-refractivity contribution in [1.82, 2.24) is 0 Å². The van der Waals surface area contributed by atoms with Crippen molar-refractivity contribution in [2.45, 2.75) is 0 Å². The molecule has 20 heavy (non-hydrogen) atoms. The minimum Gasteiger partial charge on any atom is -0.319 e. The predicted octanol–water partition coefficient (Wildman–Crippen LogP) is 5.80. The summed E-state index contributed by atoms with van der Waals surface area (Å²) in [7, 11) is 0. The Kier molecular flexibility index (Phi) is 4.91. The van der Waals surface area contributed by atoms with Crippen LogP contribution >= 0.6 is 50.7 Å². The highest BCUT2D eigenvalue weighted by atomic mass is 79.9. The standard InChI is InChI=1S/C13H6BrCl3FNO/c14-8-3-6(1-2-11(8)18)13(20)19-12-9(16)4-7(15)5-10(12)17/h1-5H,(H,19,20). The second-order valence-corrected chi connectivity index (χ2v) is 5.93. The van der Waals surface area contributed by atoms with Crippen LogP contribution in [0.15, 0.2) is 34.8 Å². The molecule has 1 N–H and O–H groups in total. The molecule has 104 valence electrons. The highest BCUT2D eigenvalue weighted by Gasteiger charge is 2.14. The van der Waals surface area contributed by atoms with Gasteiger partial charge in [-0.1, -0.05) is 34.8 Å². The second kappa shape index (κ2) is 6.31. The average Bonchev–Trinajstić information content (AvgIpc) is 2.36. The summed E-state index contributed by atoms with van der Waals surface area (Å²) in [6.07, 6.45) is 0. The summed E-state index contributed by atoms with van der Waals surface area (Å²) in [6.45, 7) is 0. The number of halogens is 5. The lowest BCUT2D eigenvalue weighted by Gasteiger charge is -2.10. The molecule has 0 aromatic heterocycles. The number of rotatable bonds is 2. The number of carbonyl (C=O) groups is 1. The Bertz CT molecular complexity index is 670. The van der Waals surface area contributed by atoms with Crippen molar-refractivity contribution in [2.75, 3.05) is 5.32 Å². The maximum atomic E-state index is 13.1. The van der Waals surface area contributed by atoms with E-state index in [0.717, 1.165) is 0 Å². The van der Waals surface area contributed by atoms with Gasteiger partial charge in [0.25, 0.3) is 5.91 Å². The molecule has 0 aliphatic heterocycles. The van der Waals surface area contributed by atoms with Gasteiger partial charge in [0.2, 0.25) is 0 Å². The van der Waals surface area contributed by atoms with Crippen LogP contribution in [0.2, 0.25) is 15.1 Å².